The van der Waals surface area contributed by atoms with Gasteiger partial charge in [0.05, 0.1) is 10.6 Å². The molecule has 1 aromatic carbocycles. The summed E-state index contributed by atoms with van der Waals surface area (Å²) in [6, 6.07) is 8.91. The van der Waals surface area contributed by atoms with Crippen LogP contribution in [0, 0.1) is 27.7 Å². The highest BCUT2D eigenvalue weighted by molar-refractivity contribution is 8.18. The van der Waals surface area contributed by atoms with Gasteiger partial charge in [-0.1, -0.05) is 25.3 Å². The van der Waals surface area contributed by atoms with Gasteiger partial charge in [-0.05, 0) is 93.3 Å². The van der Waals surface area contributed by atoms with Gasteiger partial charge in [-0.25, -0.2) is 4.99 Å². The summed E-state index contributed by atoms with van der Waals surface area (Å²) < 4.78 is 2.48. The lowest BCUT2D eigenvalue weighted by Crippen LogP contribution is -2.19. The maximum absolute atomic E-state index is 12.5. The molecule has 4 nitrogen and oxygen atoms in total. The van der Waals surface area contributed by atoms with Gasteiger partial charge in [0.2, 0.25) is 0 Å². The molecule has 1 aromatic heterocycles. The predicted molar refractivity (Wildman–Crippen MR) is 123 cm³/mol. The molecule has 0 spiro atoms. The Labute approximate surface area is 177 Å². The fourth-order valence-corrected chi connectivity index (χ4v) is 5.22. The SMILES string of the molecule is Cc1ccc(N=C2NC(=O)/C(=C/c3cc(C)n(C4CCCCC4)c3C)S2)cc1C. The smallest absolute Gasteiger partial charge is 0.264 e. The van der Waals surface area contributed by atoms with Crippen LogP contribution in [-0.4, -0.2) is 15.6 Å². The van der Waals surface area contributed by atoms with Crippen molar-refractivity contribution in [3.8, 4) is 0 Å². The van der Waals surface area contributed by atoms with Crippen LogP contribution in [0.15, 0.2) is 34.2 Å². The van der Waals surface area contributed by atoms with Crippen LogP contribution in [0.25, 0.3) is 6.08 Å². The van der Waals surface area contributed by atoms with Crippen LogP contribution in [0.3, 0.4) is 0 Å². The maximum atomic E-state index is 12.5. The zero-order chi connectivity index (χ0) is 20.5. The Morgan fingerprint density at radius 3 is 2.55 bits per heavy atom. The molecule has 29 heavy (non-hydrogen) atoms. The van der Waals surface area contributed by atoms with Crippen LogP contribution in [0.4, 0.5) is 5.69 Å². The van der Waals surface area contributed by atoms with Gasteiger partial charge in [0.25, 0.3) is 5.91 Å². The Bertz CT molecular complexity index is 1010. The van der Waals surface area contributed by atoms with Crippen molar-refractivity contribution >= 4 is 34.6 Å². The standard InChI is InChI=1S/C24H29N3OS/c1-15-10-11-20(12-16(15)2)25-24-26-23(28)22(29-24)14-19-13-17(3)27(18(19)4)21-8-6-5-7-9-21/h10-14,21H,5-9H2,1-4H3,(H,25,26,28)/b22-14-. The second kappa shape index (κ2) is 8.23. The van der Waals surface area contributed by atoms with Crippen molar-refractivity contribution in [2.24, 2.45) is 4.99 Å². The van der Waals surface area contributed by atoms with E-state index in [-0.39, 0.29) is 5.91 Å². The minimum absolute atomic E-state index is 0.0694. The van der Waals surface area contributed by atoms with Gasteiger partial charge in [0, 0.05) is 17.4 Å². The third-order valence-corrected chi connectivity index (χ3v) is 7.03. The molecule has 0 bridgehead atoms. The zero-order valence-corrected chi connectivity index (χ0v) is 18.5. The van der Waals surface area contributed by atoms with Gasteiger partial charge in [-0.2, -0.15) is 0 Å². The molecule has 2 aromatic rings. The molecule has 2 fully saturated rings. The van der Waals surface area contributed by atoms with Gasteiger partial charge in [-0.3, -0.25) is 4.79 Å². The van der Waals surface area contributed by atoms with Crippen LogP contribution in [0.5, 0.6) is 0 Å². The Balaban J connectivity index is 1.58. The van der Waals surface area contributed by atoms with Crippen molar-refractivity contribution in [1.29, 1.82) is 0 Å². The number of amidine groups is 1. The summed E-state index contributed by atoms with van der Waals surface area (Å²) in [5, 5.41) is 3.55. The fraction of sp³-hybridized carbons (Fsp3) is 0.417. The summed E-state index contributed by atoms with van der Waals surface area (Å²) in [5.74, 6) is -0.0694. The highest BCUT2D eigenvalue weighted by Crippen LogP contribution is 2.34. The summed E-state index contributed by atoms with van der Waals surface area (Å²) in [7, 11) is 0. The Hall–Kier alpha value is -2.27. The van der Waals surface area contributed by atoms with Crippen LogP contribution in [0.1, 0.15) is 66.2 Å². The van der Waals surface area contributed by atoms with E-state index >= 15 is 0 Å². The monoisotopic (exact) mass is 407 g/mol. The number of carbonyl (C=O) groups is 1. The molecule has 2 aliphatic rings. The highest BCUT2D eigenvalue weighted by Gasteiger charge is 2.25. The number of aromatic nitrogens is 1. The molecule has 152 valence electrons. The molecular formula is C24H29N3OS. The zero-order valence-electron chi connectivity index (χ0n) is 17.7. The van der Waals surface area contributed by atoms with Crippen molar-refractivity contribution in [2.45, 2.75) is 65.8 Å². The molecule has 0 unspecified atom stereocenters. The first kappa shape index (κ1) is 20.0. The van der Waals surface area contributed by atoms with Gasteiger partial charge < -0.3 is 9.88 Å². The summed E-state index contributed by atoms with van der Waals surface area (Å²) in [6.45, 7) is 8.52. The molecule has 1 amide bonds. The fourth-order valence-electron chi connectivity index (χ4n) is 4.38. The van der Waals surface area contributed by atoms with E-state index in [2.05, 4.69) is 60.8 Å². The number of rotatable bonds is 3. The molecule has 5 heteroatoms. The number of nitrogens with zero attached hydrogens (tertiary/aromatic N) is 2. The topological polar surface area (TPSA) is 46.4 Å². The molecule has 1 N–H and O–H groups in total. The van der Waals surface area contributed by atoms with Crippen molar-refractivity contribution in [1.82, 2.24) is 9.88 Å². The van der Waals surface area contributed by atoms with Crippen LogP contribution in [-0.2, 0) is 4.79 Å². The molecule has 4 rings (SSSR count). The number of hydrogen-bond donors (Lipinski definition) is 1. The summed E-state index contributed by atoms with van der Waals surface area (Å²) >= 11 is 1.42. The average molecular weight is 408 g/mol. The third kappa shape index (κ3) is 4.20. The third-order valence-electron chi connectivity index (χ3n) is 6.12. The molecule has 1 aliphatic heterocycles. The number of carbonyl (C=O) groups excluding carboxylic acids is 1. The predicted octanol–water partition coefficient (Wildman–Crippen LogP) is 6.12. The lowest BCUT2D eigenvalue weighted by molar-refractivity contribution is -0.115. The summed E-state index contributed by atoms with van der Waals surface area (Å²) in [4.78, 5) is 17.8. The van der Waals surface area contributed by atoms with Gasteiger partial charge in [0.15, 0.2) is 5.17 Å². The van der Waals surface area contributed by atoms with Crippen molar-refractivity contribution in [3.05, 3.63) is 57.2 Å². The molecule has 1 saturated carbocycles. The molecule has 0 radical (unpaired) electrons. The molecule has 1 saturated heterocycles. The van der Waals surface area contributed by atoms with Gasteiger partial charge in [-0.15, -0.1) is 0 Å². The first-order valence-electron chi connectivity index (χ1n) is 10.5. The van der Waals surface area contributed by atoms with Crippen molar-refractivity contribution in [3.63, 3.8) is 0 Å². The normalized spacial score (nSPS) is 20.6. The van der Waals surface area contributed by atoms with E-state index < -0.39 is 0 Å². The van der Waals surface area contributed by atoms with E-state index in [0.717, 1.165) is 11.3 Å². The number of thioether (sulfide) groups is 1. The lowest BCUT2D eigenvalue weighted by atomic mass is 9.95. The number of aryl methyl sites for hydroxylation is 3. The Kier molecular flexibility index (Phi) is 5.68. The minimum Gasteiger partial charge on any atom is -0.346 e. The van der Waals surface area contributed by atoms with Crippen LogP contribution < -0.4 is 5.32 Å². The number of aliphatic imine (C=N–C) groups is 1. The lowest BCUT2D eigenvalue weighted by Gasteiger charge is -2.26. The number of amides is 1. The van der Waals surface area contributed by atoms with E-state index in [9.17, 15) is 4.79 Å². The van der Waals surface area contributed by atoms with E-state index in [0.29, 0.717) is 16.1 Å². The Morgan fingerprint density at radius 1 is 1.07 bits per heavy atom. The van der Waals surface area contributed by atoms with Gasteiger partial charge >= 0.3 is 0 Å². The largest absolute Gasteiger partial charge is 0.346 e. The second-order valence-electron chi connectivity index (χ2n) is 8.24. The number of hydrogen-bond acceptors (Lipinski definition) is 3. The van der Waals surface area contributed by atoms with E-state index in [1.54, 1.807) is 0 Å². The van der Waals surface area contributed by atoms with E-state index in [1.807, 2.05) is 12.1 Å². The first-order chi connectivity index (χ1) is 13.9. The molecule has 1 aliphatic carbocycles. The van der Waals surface area contributed by atoms with Crippen LogP contribution >= 0.6 is 11.8 Å². The highest BCUT2D eigenvalue weighted by atomic mass is 32.2. The summed E-state index contributed by atoms with van der Waals surface area (Å²) in [6.07, 6.45) is 8.52. The quantitative estimate of drug-likeness (QED) is 0.623. The van der Waals surface area contributed by atoms with Crippen molar-refractivity contribution < 1.29 is 4.79 Å². The maximum Gasteiger partial charge on any atom is 0.264 e. The van der Waals surface area contributed by atoms with E-state index in [1.165, 1.54) is 66.4 Å². The number of benzene rings is 1. The van der Waals surface area contributed by atoms with E-state index in [4.69, 9.17) is 0 Å². The van der Waals surface area contributed by atoms with Crippen LogP contribution in [0.2, 0.25) is 0 Å². The molecular weight excluding hydrogens is 378 g/mol. The van der Waals surface area contributed by atoms with Crippen molar-refractivity contribution in [2.75, 3.05) is 0 Å². The molecule has 0 atom stereocenters. The Morgan fingerprint density at radius 2 is 1.83 bits per heavy atom. The molecule has 2 heterocycles. The average Bonchev–Trinajstić information content (AvgIpc) is 3.17. The summed E-state index contributed by atoms with van der Waals surface area (Å²) in [5.41, 5.74) is 6.99. The number of nitrogens with one attached hydrogen (secondary N) is 1. The minimum atomic E-state index is -0.0694. The second-order valence-corrected chi connectivity index (χ2v) is 9.27. The first-order valence-corrected chi connectivity index (χ1v) is 11.3. The van der Waals surface area contributed by atoms with Gasteiger partial charge in [0.1, 0.15) is 0 Å².